The number of alkyl carbamates (subject to hydrolysis) is 2. The van der Waals surface area contributed by atoms with Crippen LogP contribution in [0.2, 0.25) is 0 Å². The van der Waals surface area contributed by atoms with E-state index in [1.807, 2.05) is 0 Å². The van der Waals surface area contributed by atoms with Gasteiger partial charge < -0.3 is 25.4 Å². The molecule has 3 amide bonds. The Morgan fingerprint density at radius 2 is 1.42 bits per heavy atom. The number of nitrogens with one attached hydrogen (secondary N) is 3. The number of amides is 3. The Kier molecular flexibility index (Phi) is 9.66. The van der Waals surface area contributed by atoms with Crippen molar-refractivity contribution in [3.63, 3.8) is 0 Å². The van der Waals surface area contributed by atoms with Crippen molar-refractivity contribution in [2.45, 2.75) is 103 Å². The molecule has 1 saturated carbocycles. The molecule has 0 aromatic heterocycles. The predicted molar refractivity (Wildman–Crippen MR) is 134 cm³/mol. The molecular formula is C25H38N4O7. The zero-order valence-corrected chi connectivity index (χ0v) is 21.9. The molecular weight excluding hydrogens is 468 g/mol. The molecule has 1 aromatic carbocycles. The number of nitro benzene ring substituents is 1. The van der Waals surface area contributed by atoms with Crippen molar-refractivity contribution < 1.29 is 28.8 Å². The predicted octanol–water partition coefficient (Wildman–Crippen LogP) is 3.98. The molecule has 0 radical (unpaired) electrons. The van der Waals surface area contributed by atoms with Crippen molar-refractivity contribution in [1.82, 2.24) is 16.0 Å². The molecule has 200 valence electrons. The molecule has 2 unspecified atom stereocenters. The Morgan fingerprint density at radius 1 is 0.917 bits per heavy atom. The van der Waals surface area contributed by atoms with Crippen LogP contribution in [0.4, 0.5) is 15.3 Å². The Balaban J connectivity index is 2.15. The summed E-state index contributed by atoms with van der Waals surface area (Å²) in [7, 11) is 0. The molecule has 2 rings (SSSR count). The molecule has 1 aliphatic carbocycles. The fourth-order valence-electron chi connectivity index (χ4n) is 3.87. The smallest absolute Gasteiger partial charge is 0.408 e. The van der Waals surface area contributed by atoms with E-state index < -0.39 is 40.3 Å². The highest BCUT2D eigenvalue weighted by Crippen LogP contribution is 2.20. The van der Waals surface area contributed by atoms with Gasteiger partial charge in [0.15, 0.2) is 0 Å². The van der Waals surface area contributed by atoms with Gasteiger partial charge in [-0.3, -0.25) is 14.9 Å². The van der Waals surface area contributed by atoms with Crippen LogP contribution in [-0.4, -0.2) is 52.3 Å². The number of carbonyl (C=O) groups is 3. The molecule has 1 aromatic rings. The first-order chi connectivity index (χ1) is 16.6. The molecule has 11 nitrogen and oxygen atoms in total. The van der Waals surface area contributed by atoms with E-state index >= 15 is 0 Å². The van der Waals surface area contributed by atoms with Gasteiger partial charge >= 0.3 is 12.2 Å². The quantitative estimate of drug-likeness (QED) is 0.374. The summed E-state index contributed by atoms with van der Waals surface area (Å²) in [6, 6.07) is 4.12. The van der Waals surface area contributed by atoms with Gasteiger partial charge in [0.25, 0.3) is 5.69 Å². The average molecular weight is 507 g/mol. The number of hydrogen-bond acceptors (Lipinski definition) is 7. The van der Waals surface area contributed by atoms with Crippen LogP contribution in [0.5, 0.6) is 0 Å². The zero-order chi connectivity index (χ0) is 27.1. The minimum atomic E-state index is -0.995. The minimum Gasteiger partial charge on any atom is -0.444 e. The van der Waals surface area contributed by atoms with Crippen molar-refractivity contribution in [3.8, 4) is 0 Å². The molecule has 1 aliphatic rings. The summed E-state index contributed by atoms with van der Waals surface area (Å²) in [5.41, 5.74) is -0.850. The maximum Gasteiger partial charge on any atom is 0.408 e. The van der Waals surface area contributed by atoms with Crippen LogP contribution in [0.1, 0.15) is 72.8 Å². The fourth-order valence-corrected chi connectivity index (χ4v) is 3.87. The number of benzene rings is 1. The van der Waals surface area contributed by atoms with Crippen molar-refractivity contribution in [2.24, 2.45) is 0 Å². The van der Waals surface area contributed by atoms with Gasteiger partial charge in [0.1, 0.15) is 17.2 Å². The molecule has 0 heterocycles. The second-order valence-electron chi connectivity index (χ2n) is 11.0. The van der Waals surface area contributed by atoms with Crippen molar-refractivity contribution in [3.05, 3.63) is 39.9 Å². The maximum absolute atomic E-state index is 13.3. The third kappa shape index (κ3) is 10.1. The lowest BCUT2D eigenvalue weighted by Gasteiger charge is -2.34. The first-order valence-corrected chi connectivity index (χ1v) is 12.2. The molecule has 3 atom stereocenters. The highest BCUT2D eigenvalue weighted by atomic mass is 16.6. The van der Waals surface area contributed by atoms with Gasteiger partial charge in [-0.15, -0.1) is 0 Å². The first-order valence-electron chi connectivity index (χ1n) is 12.2. The lowest BCUT2D eigenvalue weighted by atomic mass is 9.90. The van der Waals surface area contributed by atoms with E-state index in [4.69, 9.17) is 9.47 Å². The molecule has 0 bridgehead atoms. The van der Waals surface area contributed by atoms with E-state index in [0.717, 1.165) is 12.8 Å². The highest BCUT2D eigenvalue weighted by Gasteiger charge is 2.32. The van der Waals surface area contributed by atoms with Gasteiger partial charge in [-0.1, -0.05) is 25.0 Å². The van der Waals surface area contributed by atoms with Crippen molar-refractivity contribution in [1.29, 1.82) is 0 Å². The molecule has 11 heteroatoms. The van der Waals surface area contributed by atoms with Crippen LogP contribution in [0.15, 0.2) is 24.3 Å². The number of non-ortho nitro benzene ring substituents is 1. The second kappa shape index (κ2) is 12.0. The summed E-state index contributed by atoms with van der Waals surface area (Å²) in [6.45, 7) is 10.5. The van der Waals surface area contributed by atoms with Crippen LogP contribution in [0, 0.1) is 10.1 Å². The van der Waals surface area contributed by atoms with E-state index in [9.17, 15) is 24.5 Å². The molecule has 36 heavy (non-hydrogen) atoms. The SMILES string of the molecule is CC(C)(C)OC(=O)NC1CCCCC1NC(=O)[C@@H](Cc1ccc([N+](=O)[O-])cc1)NC(=O)OC(C)(C)C. The maximum atomic E-state index is 13.3. The monoisotopic (exact) mass is 506 g/mol. The highest BCUT2D eigenvalue weighted by molar-refractivity contribution is 5.86. The average Bonchev–Trinajstić information content (AvgIpc) is 2.72. The van der Waals surface area contributed by atoms with E-state index in [1.54, 1.807) is 53.7 Å². The van der Waals surface area contributed by atoms with E-state index in [2.05, 4.69) is 16.0 Å². The summed E-state index contributed by atoms with van der Waals surface area (Å²) < 4.78 is 10.7. The number of nitro groups is 1. The summed E-state index contributed by atoms with van der Waals surface area (Å²) in [5.74, 6) is -0.442. The Labute approximate surface area is 211 Å². The minimum absolute atomic E-state index is 0.0712. The number of carbonyl (C=O) groups excluding carboxylic acids is 3. The van der Waals surface area contributed by atoms with Gasteiger partial charge in [-0.25, -0.2) is 9.59 Å². The molecule has 0 saturated heterocycles. The first kappa shape index (κ1) is 28.9. The molecule has 3 N–H and O–H groups in total. The topological polar surface area (TPSA) is 149 Å². The van der Waals surface area contributed by atoms with E-state index in [1.165, 1.54) is 12.1 Å². The van der Waals surface area contributed by atoms with Gasteiger partial charge in [0.05, 0.1) is 11.0 Å². The lowest BCUT2D eigenvalue weighted by molar-refractivity contribution is -0.384. The zero-order valence-electron chi connectivity index (χ0n) is 21.9. The lowest BCUT2D eigenvalue weighted by Crippen LogP contribution is -2.58. The van der Waals surface area contributed by atoms with Gasteiger partial charge in [-0.05, 0) is 59.9 Å². The van der Waals surface area contributed by atoms with Crippen LogP contribution >= 0.6 is 0 Å². The van der Waals surface area contributed by atoms with Gasteiger partial charge in [-0.2, -0.15) is 0 Å². The number of nitrogens with zero attached hydrogens (tertiary/aromatic N) is 1. The Bertz CT molecular complexity index is 935. The fraction of sp³-hybridized carbons (Fsp3) is 0.640. The number of hydrogen-bond donors (Lipinski definition) is 3. The van der Waals surface area contributed by atoms with Gasteiger partial charge in [0, 0.05) is 24.6 Å². The third-order valence-electron chi connectivity index (χ3n) is 5.39. The second-order valence-corrected chi connectivity index (χ2v) is 11.0. The summed E-state index contributed by atoms with van der Waals surface area (Å²) in [5, 5.41) is 19.4. The van der Waals surface area contributed by atoms with Gasteiger partial charge in [0.2, 0.25) is 5.91 Å². The van der Waals surface area contributed by atoms with E-state index in [0.29, 0.717) is 18.4 Å². The summed E-state index contributed by atoms with van der Waals surface area (Å²) in [6.07, 6.45) is 1.90. The third-order valence-corrected chi connectivity index (χ3v) is 5.39. The summed E-state index contributed by atoms with van der Waals surface area (Å²) in [4.78, 5) is 48.6. The summed E-state index contributed by atoms with van der Waals surface area (Å²) >= 11 is 0. The van der Waals surface area contributed by atoms with Crippen LogP contribution in [0.3, 0.4) is 0 Å². The van der Waals surface area contributed by atoms with E-state index in [-0.39, 0.29) is 24.2 Å². The largest absolute Gasteiger partial charge is 0.444 e. The standard InChI is InChI=1S/C25H38N4O7/c1-24(2,3)35-22(31)27-19-10-8-7-9-18(19)26-21(30)20(28-23(32)36-25(4,5)6)15-16-11-13-17(14-12-16)29(33)34/h11-14,18-20H,7-10,15H2,1-6H3,(H,26,30)(H,27,31)(H,28,32)/t18?,19?,20-/m1/s1. The molecule has 1 fully saturated rings. The Morgan fingerprint density at radius 3 is 1.92 bits per heavy atom. The van der Waals surface area contributed by atoms with Crippen LogP contribution < -0.4 is 16.0 Å². The molecule has 0 spiro atoms. The normalized spacial score (nSPS) is 18.9. The number of ether oxygens (including phenoxy) is 2. The molecule has 0 aliphatic heterocycles. The van der Waals surface area contributed by atoms with Crippen molar-refractivity contribution in [2.75, 3.05) is 0 Å². The Hall–Kier alpha value is -3.37. The van der Waals surface area contributed by atoms with Crippen LogP contribution in [-0.2, 0) is 20.7 Å². The van der Waals surface area contributed by atoms with Crippen LogP contribution in [0.25, 0.3) is 0 Å². The van der Waals surface area contributed by atoms with Crippen molar-refractivity contribution >= 4 is 23.8 Å². The number of rotatable bonds is 7.